The zero-order chi connectivity index (χ0) is 15.3. The number of rotatable bonds is 5. The fraction of sp³-hybridized carbons (Fsp3) is 0.588. The molecule has 1 aromatic carbocycles. The van der Waals surface area contributed by atoms with Gasteiger partial charge in [-0.25, -0.2) is 0 Å². The lowest BCUT2D eigenvalue weighted by molar-refractivity contribution is -0.0815. The van der Waals surface area contributed by atoms with Crippen LogP contribution in [0.2, 0.25) is 0 Å². The van der Waals surface area contributed by atoms with E-state index in [-0.39, 0.29) is 0 Å². The average Bonchev–Trinajstić information content (AvgIpc) is 2.59. The highest BCUT2D eigenvalue weighted by atomic mass is 16.5. The second-order valence-corrected chi connectivity index (χ2v) is 5.65. The minimum Gasteiger partial charge on any atom is -0.491 e. The lowest BCUT2D eigenvalue weighted by Gasteiger charge is -2.30. The van der Waals surface area contributed by atoms with Gasteiger partial charge in [0.15, 0.2) is 5.60 Å². The Kier molecular flexibility index (Phi) is 4.94. The largest absolute Gasteiger partial charge is 0.491 e. The molecule has 2 aliphatic heterocycles. The van der Waals surface area contributed by atoms with E-state index < -0.39 is 5.60 Å². The third kappa shape index (κ3) is 3.58. The smallest absolute Gasteiger partial charge is 0.158 e. The van der Waals surface area contributed by atoms with Crippen LogP contribution in [-0.4, -0.2) is 38.6 Å². The average molecular weight is 303 g/mol. The van der Waals surface area contributed by atoms with Crippen LogP contribution in [0.25, 0.3) is 0 Å². The van der Waals surface area contributed by atoms with Gasteiger partial charge in [0.1, 0.15) is 12.4 Å². The number of hydrogen-bond acceptors (Lipinski definition) is 5. The van der Waals surface area contributed by atoms with Crippen LogP contribution in [0.3, 0.4) is 0 Å². The van der Waals surface area contributed by atoms with E-state index in [1.807, 2.05) is 6.07 Å². The molecular formula is C17H21NO4. The second kappa shape index (κ2) is 7.10. The molecule has 5 nitrogen and oxygen atoms in total. The predicted molar refractivity (Wildman–Crippen MR) is 79.6 cm³/mol. The lowest BCUT2D eigenvalue weighted by atomic mass is 9.96. The van der Waals surface area contributed by atoms with Crippen molar-refractivity contribution in [2.75, 3.05) is 33.0 Å². The van der Waals surface area contributed by atoms with E-state index in [0.29, 0.717) is 45.9 Å². The van der Waals surface area contributed by atoms with Crippen LogP contribution in [0.1, 0.15) is 24.0 Å². The first-order valence-corrected chi connectivity index (χ1v) is 7.77. The van der Waals surface area contributed by atoms with Crippen LogP contribution in [0.15, 0.2) is 18.2 Å². The van der Waals surface area contributed by atoms with Crippen LogP contribution in [0.4, 0.5) is 0 Å². The van der Waals surface area contributed by atoms with E-state index in [4.69, 9.17) is 18.9 Å². The third-order valence-electron chi connectivity index (χ3n) is 4.19. The normalized spacial score (nSPS) is 20.0. The number of nitriles is 1. The topological polar surface area (TPSA) is 60.7 Å². The summed E-state index contributed by atoms with van der Waals surface area (Å²) < 4.78 is 22.2. The summed E-state index contributed by atoms with van der Waals surface area (Å²) in [5.41, 5.74) is 1.83. The molecule has 0 N–H and O–H groups in total. The molecule has 1 saturated heterocycles. The van der Waals surface area contributed by atoms with E-state index in [2.05, 4.69) is 18.2 Å². The highest BCUT2D eigenvalue weighted by molar-refractivity contribution is 5.36. The van der Waals surface area contributed by atoms with Crippen molar-refractivity contribution in [1.82, 2.24) is 0 Å². The molecule has 0 aromatic heterocycles. The molecule has 3 rings (SSSR count). The molecule has 1 fully saturated rings. The van der Waals surface area contributed by atoms with Crippen molar-refractivity contribution in [1.29, 1.82) is 5.26 Å². The molecule has 0 unspecified atom stereocenters. The van der Waals surface area contributed by atoms with E-state index in [9.17, 15) is 5.26 Å². The standard InChI is InChI=1S/C17H21NO4/c18-13-17(4-7-19-8-5-17)22-10-9-21-16-2-1-15-12-20-6-3-14(15)11-16/h1-2,11H,3-10,12H2. The fourth-order valence-electron chi connectivity index (χ4n) is 2.82. The Hall–Kier alpha value is -1.61. The Balaban J connectivity index is 1.48. The molecule has 0 atom stereocenters. The molecule has 5 heteroatoms. The van der Waals surface area contributed by atoms with Gasteiger partial charge in [-0.05, 0) is 29.7 Å². The molecule has 1 aromatic rings. The van der Waals surface area contributed by atoms with Crippen molar-refractivity contribution < 1.29 is 18.9 Å². The maximum Gasteiger partial charge on any atom is 0.158 e. The molecular weight excluding hydrogens is 282 g/mol. The zero-order valence-electron chi connectivity index (χ0n) is 12.7. The first-order chi connectivity index (χ1) is 10.8. The van der Waals surface area contributed by atoms with Gasteiger partial charge in [-0.15, -0.1) is 0 Å². The van der Waals surface area contributed by atoms with Crippen LogP contribution in [0, 0.1) is 11.3 Å². The Morgan fingerprint density at radius 3 is 2.77 bits per heavy atom. The molecule has 118 valence electrons. The first-order valence-electron chi connectivity index (χ1n) is 7.77. The van der Waals surface area contributed by atoms with E-state index in [0.717, 1.165) is 18.8 Å². The summed E-state index contributed by atoms with van der Waals surface area (Å²) in [5.74, 6) is 0.849. The molecule has 2 aliphatic rings. The molecule has 22 heavy (non-hydrogen) atoms. The quantitative estimate of drug-likeness (QED) is 0.781. The number of nitrogens with zero attached hydrogens (tertiary/aromatic N) is 1. The molecule has 0 aliphatic carbocycles. The molecule has 2 heterocycles. The minimum atomic E-state index is -0.700. The summed E-state index contributed by atoms with van der Waals surface area (Å²) in [4.78, 5) is 0. The van der Waals surface area contributed by atoms with Crippen molar-refractivity contribution in [2.24, 2.45) is 0 Å². The third-order valence-corrected chi connectivity index (χ3v) is 4.19. The second-order valence-electron chi connectivity index (χ2n) is 5.65. The van der Waals surface area contributed by atoms with E-state index in [1.54, 1.807) is 0 Å². The molecule has 0 radical (unpaired) electrons. The summed E-state index contributed by atoms with van der Waals surface area (Å²) in [6, 6.07) is 8.38. The van der Waals surface area contributed by atoms with Crippen molar-refractivity contribution in [3.63, 3.8) is 0 Å². The maximum atomic E-state index is 9.31. The van der Waals surface area contributed by atoms with Crippen molar-refractivity contribution in [3.05, 3.63) is 29.3 Å². The Morgan fingerprint density at radius 2 is 1.95 bits per heavy atom. The van der Waals surface area contributed by atoms with Gasteiger partial charge in [0.25, 0.3) is 0 Å². The van der Waals surface area contributed by atoms with Crippen molar-refractivity contribution in [2.45, 2.75) is 31.5 Å². The summed E-state index contributed by atoms with van der Waals surface area (Å²) in [7, 11) is 0. The summed E-state index contributed by atoms with van der Waals surface area (Å²) in [5, 5.41) is 9.31. The molecule has 0 bridgehead atoms. The van der Waals surface area contributed by atoms with Gasteiger partial charge in [-0.3, -0.25) is 0 Å². The summed E-state index contributed by atoms with van der Waals surface area (Å²) in [6.07, 6.45) is 2.19. The minimum absolute atomic E-state index is 0.410. The van der Waals surface area contributed by atoms with Gasteiger partial charge in [0.2, 0.25) is 0 Å². The van der Waals surface area contributed by atoms with E-state index >= 15 is 0 Å². The number of ether oxygens (including phenoxy) is 4. The Labute approximate surface area is 130 Å². The Bertz CT molecular complexity index is 546. The summed E-state index contributed by atoms with van der Waals surface area (Å²) >= 11 is 0. The molecule has 0 saturated carbocycles. The van der Waals surface area contributed by atoms with Crippen LogP contribution in [0.5, 0.6) is 5.75 Å². The van der Waals surface area contributed by atoms with Gasteiger partial charge in [-0.1, -0.05) is 6.07 Å². The van der Waals surface area contributed by atoms with Gasteiger partial charge in [0, 0.05) is 12.8 Å². The van der Waals surface area contributed by atoms with Crippen LogP contribution >= 0.6 is 0 Å². The maximum absolute atomic E-state index is 9.31. The van der Waals surface area contributed by atoms with Crippen molar-refractivity contribution in [3.8, 4) is 11.8 Å². The van der Waals surface area contributed by atoms with Crippen LogP contribution < -0.4 is 4.74 Å². The monoisotopic (exact) mass is 303 g/mol. The molecule has 0 amide bonds. The highest BCUT2D eigenvalue weighted by Gasteiger charge is 2.33. The number of fused-ring (bicyclic) bond motifs is 1. The Morgan fingerprint density at radius 1 is 1.09 bits per heavy atom. The predicted octanol–water partition coefficient (Wildman–Crippen LogP) is 2.23. The summed E-state index contributed by atoms with van der Waals surface area (Å²) in [6.45, 7) is 3.48. The van der Waals surface area contributed by atoms with Gasteiger partial charge < -0.3 is 18.9 Å². The first kappa shape index (κ1) is 15.3. The SMILES string of the molecule is N#CC1(OCCOc2ccc3c(c2)CCOC3)CCOCC1. The van der Waals surface area contributed by atoms with Gasteiger partial charge >= 0.3 is 0 Å². The van der Waals surface area contributed by atoms with Gasteiger partial charge in [-0.2, -0.15) is 5.26 Å². The van der Waals surface area contributed by atoms with Crippen LogP contribution in [-0.2, 0) is 27.2 Å². The van der Waals surface area contributed by atoms with E-state index in [1.165, 1.54) is 11.1 Å². The molecule has 0 spiro atoms. The fourth-order valence-corrected chi connectivity index (χ4v) is 2.82. The lowest BCUT2D eigenvalue weighted by Crippen LogP contribution is -2.38. The highest BCUT2D eigenvalue weighted by Crippen LogP contribution is 2.25. The van der Waals surface area contributed by atoms with Gasteiger partial charge in [0.05, 0.1) is 39.1 Å². The van der Waals surface area contributed by atoms with Crippen molar-refractivity contribution >= 4 is 0 Å². The number of hydrogen-bond donors (Lipinski definition) is 0. The zero-order valence-corrected chi connectivity index (χ0v) is 12.7. The number of benzene rings is 1.